The summed E-state index contributed by atoms with van der Waals surface area (Å²) in [5, 5.41) is 2.03. The normalized spacial score (nSPS) is 10.5. The van der Waals surface area contributed by atoms with Gasteiger partial charge in [-0.1, -0.05) is 36.9 Å². The SMILES string of the molecule is C=CC(=O)OCCOCCOc1ccc2c(OCCOc3ccccc3)cccc2c1. The Morgan fingerprint density at radius 3 is 2.32 bits per heavy atom. The molecule has 0 aliphatic heterocycles. The third-order valence-electron chi connectivity index (χ3n) is 4.30. The van der Waals surface area contributed by atoms with Gasteiger partial charge in [-0.05, 0) is 41.8 Å². The molecule has 0 aliphatic carbocycles. The lowest BCUT2D eigenvalue weighted by atomic mass is 10.1. The number of hydrogen-bond acceptors (Lipinski definition) is 6. The zero-order valence-corrected chi connectivity index (χ0v) is 17.3. The van der Waals surface area contributed by atoms with Crippen LogP contribution >= 0.6 is 0 Å². The van der Waals surface area contributed by atoms with Gasteiger partial charge in [0.05, 0.1) is 13.2 Å². The lowest BCUT2D eigenvalue weighted by molar-refractivity contribution is -0.139. The molecule has 0 spiro atoms. The molecule has 0 aliphatic rings. The predicted octanol–water partition coefficient (Wildman–Crippen LogP) is 4.42. The summed E-state index contributed by atoms with van der Waals surface area (Å²) in [4.78, 5) is 10.9. The van der Waals surface area contributed by atoms with E-state index < -0.39 is 5.97 Å². The van der Waals surface area contributed by atoms with Gasteiger partial charge in [0.2, 0.25) is 0 Å². The van der Waals surface area contributed by atoms with Crippen molar-refractivity contribution in [1.82, 2.24) is 0 Å². The molecule has 3 rings (SSSR count). The first-order valence-corrected chi connectivity index (χ1v) is 10.1. The molecule has 3 aromatic rings. The highest BCUT2D eigenvalue weighted by Crippen LogP contribution is 2.28. The molecule has 0 fully saturated rings. The molecular weight excluding hydrogens is 396 g/mol. The van der Waals surface area contributed by atoms with E-state index in [0.717, 1.165) is 34.1 Å². The van der Waals surface area contributed by atoms with Crippen molar-refractivity contribution in [3.63, 3.8) is 0 Å². The number of esters is 1. The van der Waals surface area contributed by atoms with Gasteiger partial charge in [-0.15, -0.1) is 0 Å². The Labute approximate surface area is 181 Å². The second-order valence-electron chi connectivity index (χ2n) is 6.48. The van der Waals surface area contributed by atoms with Crippen LogP contribution < -0.4 is 14.2 Å². The van der Waals surface area contributed by atoms with Crippen LogP contribution in [0.15, 0.2) is 79.4 Å². The van der Waals surface area contributed by atoms with E-state index in [-0.39, 0.29) is 6.61 Å². The Morgan fingerprint density at radius 2 is 1.48 bits per heavy atom. The Morgan fingerprint density at radius 1 is 0.742 bits per heavy atom. The van der Waals surface area contributed by atoms with Gasteiger partial charge in [-0.2, -0.15) is 0 Å². The molecule has 0 heterocycles. The van der Waals surface area contributed by atoms with Crippen LogP contribution in [-0.4, -0.2) is 45.6 Å². The third-order valence-corrected chi connectivity index (χ3v) is 4.30. The van der Waals surface area contributed by atoms with Crippen molar-refractivity contribution in [3.05, 3.63) is 79.4 Å². The van der Waals surface area contributed by atoms with Gasteiger partial charge in [-0.25, -0.2) is 4.79 Å². The van der Waals surface area contributed by atoms with E-state index >= 15 is 0 Å². The maximum absolute atomic E-state index is 10.9. The van der Waals surface area contributed by atoms with Crippen molar-refractivity contribution in [3.8, 4) is 17.2 Å². The molecule has 31 heavy (non-hydrogen) atoms. The van der Waals surface area contributed by atoms with Gasteiger partial charge in [-0.3, -0.25) is 0 Å². The van der Waals surface area contributed by atoms with E-state index in [9.17, 15) is 4.79 Å². The molecule has 0 amide bonds. The van der Waals surface area contributed by atoms with E-state index in [1.54, 1.807) is 0 Å². The zero-order chi connectivity index (χ0) is 21.7. The first kappa shape index (κ1) is 22.2. The molecule has 3 aromatic carbocycles. The van der Waals surface area contributed by atoms with Crippen molar-refractivity contribution in [2.75, 3.05) is 39.6 Å². The van der Waals surface area contributed by atoms with Crippen molar-refractivity contribution >= 4 is 16.7 Å². The van der Waals surface area contributed by atoms with Crippen LogP contribution in [-0.2, 0) is 14.3 Å². The first-order valence-electron chi connectivity index (χ1n) is 10.1. The van der Waals surface area contributed by atoms with E-state index in [1.165, 1.54) is 0 Å². The number of fused-ring (bicyclic) bond motifs is 1. The van der Waals surface area contributed by atoms with Crippen LogP contribution in [0.4, 0.5) is 0 Å². The fourth-order valence-corrected chi connectivity index (χ4v) is 2.86. The smallest absolute Gasteiger partial charge is 0.330 e. The van der Waals surface area contributed by atoms with E-state index in [2.05, 4.69) is 6.58 Å². The number of ether oxygens (including phenoxy) is 5. The maximum Gasteiger partial charge on any atom is 0.330 e. The Balaban J connectivity index is 1.42. The fourth-order valence-electron chi connectivity index (χ4n) is 2.86. The molecule has 6 heteroatoms. The van der Waals surface area contributed by atoms with Gasteiger partial charge < -0.3 is 23.7 Å². The molecule has 162 valence electrons. The van der Waals surface area contributed by atoms with Crippen molar-refractivity contribution < 1.29 is 28.5 Å². The average molecular weight is 422 g/mol. The van der Waals surface area contributed by atoms with Gasteiger partial charge in [0.1, 0.15) is 43.7 Å². The van der Waals surface area contributed by atoms with Gasteiger partial charge >= 0.3 is 5.97 Å². The second-order valence-corrected chi connectivity index (χ2v) is 6.48. The first-order chi connectivity index (χ1) is 15.3. The minimum absolute atomic E-state index is 0.194. The topological polar surface area (TPSA) is 63.2 Å². The quantitative estimate of drug-likeness (QED) is 0.231. The molecule has 6 nitrogen and oxygen atoms in total. The summed E-state index contributed by atoms with van der Waals surface area (Å²) in [6, 6.07) is 21.4. The van der Waals surface area contributed by atoms with Crippen molar-refractivity contribution in [2.24, 2.45) is 0 Å². The summed E-state index contributed by atoms with van der Waals surface area (Å²) < 4.78 is 27.5. The molecule has 0 atom stereocenters. The van der Waals surface area contributed by atoms with E-state index in [4.69, 9.17) is 23.7 Å². The summed E-state index contributed by atoms with van der Waals surface area (Å²) in [6.45, 7) is 5.55. The van der Waals surface area contributed by atoms with Crippen LogP contribution in [0.1, 0.15) is 0 Å². The second kappa shape index (κ2) is 12.2. The summed E-state index contributed by atoms with van der Waals surface area (Å²) in [7, 11) is 0. The number of hydrogen-bond donors (Lipinski definition) is 0. The summed E-state index contributed by atoms with van der Waals surface area (Å²) in [5.74, 6) is 1.92. The van der Waals surface area contributed by atoms with Gasteiger partial charge in [0.15, 0.2) is 0 Å². The number of rotatable bonds is 13. The van der Waals surface area contributed by atoms with Crippen molar-refractivity contribution in [1.29, 1.82) is 0 Å². The van der Waals surface area contributed by atoms with Crippen LogP contribution in [0.3, 0.4) is 0 Å². The summed E-state index contributed by atoms with van der Waals surface area (Å²) in [6.07, 6.45) is 1.12. The molecule has 0 radical (unpaired) electrons. The number of carbonyl (C=O) groups excluding carboxylic acids is 1. The predicted molar refractivity (Wildman–Crippen MR) is 119 cm³/mol. The lowest BCUT2D eigenvalue weighted by Crippen LogP contribution is -2.12. The minimum Gasteiger partial charge on any atom is -0.491 e. The molecule has 0 N–H and O–H groups in total. The van der Waals surface area contributed by atoms with Crippen LogP contribution in [0.25, 0.3) is 10.8 Å². The number of carbonyl (C=O) groups is 1. The van der Waals surface area contributed by atoms with Crippen LogP contribution in [0, 0.1) is 0 Å². The molecule has 0 aromatic heterocycles. The molecular formula is C25H26O6. The summed E-state index contributed by atoms with van der Waals surface area (Å²) in [5.41, 5.74) is 0. The molecule has 0 saturated heterocycles. The number of para-hydroxylation sites is 1. The lowest BCUT2D eigenvalue weighted by Gasteiger charge is -2.12. The highest BCUT2D eigenvalue weighted by atomic mass is 16.6. The minimum atomic E-state index is -0.455. The molecule has 0 bridgehead atoms. The van der Waals surface area contributed by atoms with E-state index in [0.29, 0.717) is 33.0 Å². The fraction of sp³-hybridized carbons (Fsp3) is 0.240. The Kier molecular flexibility index (Phi) is 8.76. The number of benzene rings is 3. The zero-order valence-electron chi connectivity index (χ0n) is 17.3. The van der Waals surface area contributed by atoms with Crippen LogP contribution in [0.5, 0.6) is 17.2 Å². The molecule has 0 unspecified atom stereocenters. The third kappa shape index (κ3) is 7.35. The monoisotopic (exact) mass is 422 g/mol. The largest absolute Gasteiger partial charge is 0.491 e. The maximum atomic E-state index is 10.9. The van der Waals surface area contributed by atoms with Crippen LogP contribution in [0.2, 0.25) is 0 Å². The Bertz CT molecular complexity index is 970. The van der Waals surface area contributed by atoms with Crippen molar-refractivity contribution in [2.45, 2.75) is 0 Å². The average Bonchev–Trinajstić information content (AvgIpc) is 2.81. The van der Waals surface area contributed by atoms with E-state index in [1.807, 2.05) is 66.7 Å². The highest BCUT2D eigenvalue weighted by Gasteiger charge is 2.04. The standard InChI is InChI=1S/C25H26O6/c1-2-25(26)31-16-14-27-13-15-29-22-11-12-23-20(19-22)7-6-10-24(23)30-18-17-28-21-8-4-3-5-9-21/h2-12,19H,1,13-18H2. The van der Waals surface area contributed by atoms with Gasteiger partial charge in [0, 0.05) is 11.5 Å². The Hall–Kier alpha value is -3.51. The summed E-state index contributed by atoms with van der Waals surface area (Å²) >= 11 is 0. The highest BCUT2D eigenvalue weighted by molar-refractivity contribution is 5.89. The van der Waals surface area contributed by atoms with Gasteiger partial charge in [0.25, 0.3) is 0 Å². The molecule has 0 saturated carbocycles.